The van der Waals surface area contributed by atoms with Crippen LogP contribution in [-0.2, 0) is 4.79 Å². The molecular formula is C22H27ClN2O2. The first kappa shape index (κ1) is 21.1. The number of benzene rings is 2. The van der Waals surface area contributed by atoms with E-state index in [2.05, 4.69) is 5.32 Å². The number of halogens is 1. The van der Waals surface area contributed by atoms with E-state index in [1.165, 1.54) is 0 Å². The van der Waals surface area contributed by atoms with Crippen LogP contribution in [0.15, 0.2) is 54.6 Å². The quantitative estimate of drug-likeness (QED) is 0.765. The molecule has 1 aliphatic heterocycles. The SMILES string of the molecule is CNC1CCN(C(=O)CCC(=O)c2ccc(-c3ccccc3)cc2)CC1.Cl. The van der Waals surface area contributed by atoms with Crippen molar-refractivity contribution in [3.63, 3.8) is 0 Å². The smallest absolute Gasteiger partial charge is 0.223 e. The molecule has 2 aromatic rings. The van der Waals surface area contributed by atoms with Crippen molar-refractivity contribution in [1.29, 1.82) is 0 Å². The van der Waals surface area contributed by atoms with Crippen LogP contribution in [0.25, 0.3) is 11.1 Å². The predicted octanol–water partition coefficient (Wildman–Crippen LogP) is 3.95. The number of hydrogen-bond donors (Lipinski definition) is 1. The van der Waals surface area contributed by atoms with Crippen LogP contribution in [0.5, 0.6) is 0 Å². The Kier molecular flexibility index (Phi) is 8.01. The minimum absolute atomic E-state index is 0. The lowest BCUT2D eigenvalue weighted by Gasteiger charge is -2.31. The van der Waals surface area contributed by atoms with E-state index in [0.29, 0.717) is 18.0 Å². The summed E-state index contributed by atoms with van der Waals surface area (Å²) in [6.45, 7) is 1.56. The Labute approximate surface area is 167 Å². The van der Waals surface area contributed by atoms with Crippen molar-refractivity contribution in [3.8, 4) is 11.1 Å². The standard InChI is InChI=1S/C22H26N2O2.ClH/c1-23-20-13-15-24(16-14-20)22(26)12-11-21(25)19-9-7-18(8-10-19)17-5-3-2-4-6-17;/h2-10,20,23H,11-16H2,1H3;1H. The monoisotopic (exact) mass is 386 g/mol. The Balaban J connectivity index is 0.00000261. The van der Waals surface area contributed by atoms with Crippen LogP contribution in [-0.4, -0.2) is 42.8 Å². The number of ketones is 1. The molecular weight excluding hydrogens is 360 g/mol. The van der Waals surface area contributed by atoms with Gasteiger partial charge in [0.2, 0.25) is 5.91 Å². The van der Waals surface area contributed by atoms with E-state index in [4.69, 9.17) is 0 Å². The zero-order valence-electron chi connectivity index (χ0n) is 15.7. The second-order valence-corrected chi connectivity index (χ2v) is 6.81. The van der Waals surface area contributed by atoms with E-state index >= 15 is 0 Å². The highest BCUT2D eigenvalue weighted by atomic mass is 35.5. The van der Waals surface area contributed by atoms with E-state index in [1.807, 2.05) is 66.5 Å². The molecule has 0 unspecified atom stereocenters. The summed E-state index contributed by atoms with van der Waals surface area (Å²) in [7, 11) is 1.96. The third-order valence-electron chi connectivity index (χ3n) is 5.14. The summed E-state index contributed by atoms with van der Waals surface area (Å²) in [5.74, 6) is 0.122. The number of rotatable bonds is 6. The number of carbonyl (C=O) groups is 2. The fraction of sp³-hybridized carbons (Fsp3) is 0.364. The number of hydrogen-bond acceptors (Lipinski definition) is 3. The molecule has 0 saturated carbocycles. The van der Waals surface area contributed by atoms with Crippen molar-refractivity contribution in [1.82, 2.24) is 10.2 Å². The summed E-state index contributed by atoms with van der Waals surface area (Å²) in [5, 5.41) is 3.26. The number of carbonyl (C=O) groups excluding carboxylic acids is 2. The van der Waals surface area contributed by atoms with Gasteiger partial charge in [-0.2, -0.15) is 0 Å². The number of likely N-dealkylation sites (tertiary alicyclic amines) is 1. The number of nitrogens with one attached hydrogen (secondary N) is 1. The molecule has 3 rings (SSSR count). The molecule has 27 heavy (non-hydrogen) atoms. The van der Waals surface area contributed by atoms with Crippen LogP contribution in [0.3, 0.4) is 0 Å². The highest BCUT2D eigenvalue weighted by molar-refractivity contribution is 5.98. The first-order valence-corrected chi connectivity index (χ1v) is 9.31. The molecule has 1 saturated heterocycles. The molecule has 0 spiro atoms. The molecule has 0 atom stereocenters. The van der Waals surface area contributed by atoms with Crippen molar-refractivity contribution in [2.24, 2.45) is 0 Å². The minimum Gasteiger partial charge on any atom is -0.343 e. The number of amides is 1. The largest absolute Gasteiger partial charge is 0.343 e. The summed E-state index contributed by atoms with van der Waals surface area (Å²) in [6, 6.07) is 18.2. The van der Waals surface area contributed by atoms with Gasteiger partial charge in [0.25, 0.3) is 0 Å². The third-order valence-corrected chi connectivity index (χ3v) is 5.14. The second kappa shape index (κ2) is 10.2. The molecule has 0 aliphatic carbocycles. The third kappa shape index (κ3) is 5.65. The average Bonchev–Trinajstić information content (AvgIpc) is 2.72. The van der Waals surface area contributed by atoms with Crippen LogP contribution in [0, 0.1) is 0 Å². The lowest BCUT2D eigenvalue weighted by molar-refractivity contribution is -0.132. The van der Waals surface area contributed by atoms with Crippen molar-refractivity contribution in [2.75, 3.05) is 20.1 Å². The molecule has 4 nitrogen and oxygen atoms in total. The normalized spacial score (nSPS) is 14.5. The van der Waals surface area contributed by atoms with Crippen LogP contribution < -0.4 is 5.32 Å². The summed E-state index contributed by atoms with van der Waals surface area (Å²) in [4.78, 5) is 26.6. The maximum absolute atomic E-state index is 12.4. The topological polar surface area (TPSA) is 49.4 Å². The first-order valence-electron chi connectivity index (χ1n) is 9.31. The lowest BCUT2D eigenvalue weighted by atomic mass is 10.0. The van der Waals surface area contributed by atoms with Crippen LogP contribution in [0.1, 0.15) is 36.0 Å². The molecule has 1 N–H and O–H groups in total. The average molecular weight is 387 g/mol. The molecule has 1 amide bonds. The van der Waals surface area contributed by atoms with Crippen LogP contribution >= 0.6 is 12.4 Å². The Morgan fingerprint density at radius 1 is 0.926 bits per heavy atom. The van der Waals surface area contributed by atoms with Crippen molar-refractivity contribution in [2.45, 2.75) is 31.7 Å². The number of Topliss-reactive ketones (excluding diaryl/α,β-unsaturated/α-hetero) is 1. The summed E-state index contributed by atoms with van der Waals surface area (Å²) in [5.41, 5.74) is 2.89. The molecule has 0 radical (unpaired) electrons. The van der Waals surface area contributed by atoms with Gasteiger partial charge in [0.15, 0.2) is 5.78 Å². The molecule has 1 aliphatic rings. The highest BCUT2D eigenvalue weighted by Gasteiger charge is 2.22. The molecule has 144 valence electrons. The number of piperidine rings is 1. The Bertz CT molecular complexity index is 739. The molecule has 1 heterocycles. The predicted molar refractivity (Wildman–Crippen MR) is 111 cm³/mol. The number of nitrogens with zero attached hydrogens (tertiary/aromatic N) is 1. The van der Waals surface area contributed by atoms with Gasteiger partial charge >= 0.3 is 0 Å². The maximum Gasteiger partial charge on any atom is 0.223 e. The van der Waals surface area contributed by atoms with E-state index in [9.17, 15) is 9.59 Å². The van der Waals surface area contributed by atoms with E-state index in [1.54, 1.807) is 0 Å². The van der Waals surface area contributed by atoms with Crippen molar-refractivity contribution >= 4 is 24.1 Å². The first-order chi connectivity index (χ1) is 12.7. The van der Waals surface area contributed by atoms with Crippen molar-refractivity contribution in [3.05, 3.63) is 60.2 Å². The van der Waals surface area contributed by atoms with Gasteiger partial charge in [0, 0.05) is 37.5 Å². The van der Waals surface area contributed by atoms with Gasteiger partial charge in [-0.05, 0) is 31.0 Å². The van der Waals surface area contributed by atoms with Gasteiger partial charge in [-0.25, -0.2) is 0 Å². The fourth-order valence-corrected chi connectivity index (χ4v) is 3.42. The highest BCUT2D eigenvalue weighted by Crippen LogP contribution is 2.20. The Morgan fingerprint density at radius 3 is 2.11 bits per heavy atom. The summed E-state index contributed by atoms with van der Waals surface area (Å²) in [6.07, 6.45) is 2.53. The lowest BCUT2D eigenvalue weighted by Crippen LogP contribution is -2.44. The molecule has 0 aromatic heterocycles. The summed E-state index contributed by atoms with van der Waals surface area (Å²) < 4.78 is 0. The van der Waals surface area contributed by atoms with Crippen LogP contribution in [0.2, 0.25) is 0 Å². The van der Waals surface area contributed by atoms with Gasteiger partial charge < -0.3 is 10.2 Å². The summed E-state index contributed by atoms with van der Waals surface area (Å²) >= 11 is 0. The van der Waals surface area contributed by atoms with Gasteiger partial charge in [0.05, 0.1) is 0 Å². The molecule has 5 heteroatoms. The maximum atomic E-state index is 12.4. The Morgan fingerprint density at radius 2 is 1.52 bits per heavy atom. The fourth-order valence-electron chi connectivity index (χ4n) is 3.42. The zero-order valence-corrected chi connectivity index (χ0v) is 16.5. The van der Waals surface area contributed by atoms with Gasteiger partial charge in [-0.1, -0.05) is 54.6 Å². The molecule has 2 aromatic carbocycles. The molecule has 1 fully saturated rings. The van der Waals surface area contributed by atoms with Crippen LogP contribution in [0.4, 0.5) is 0 Å². The Hall–Kier alpha value is -2.17. The van der Waals surface area contributed by atoms with Gasteiger partial charge in [-0.3, -0.25) is 9.59 Å². The van der Waals surface area contributed by atoms with E-state index < -0.39 is 0 Å². The molecule has 0 bridgehead atoms. The van der Waals surface area contributed by atoms with E-state index in [-0.39, 0.29) is 30.5 Å². The van der Waals surface area contributed by atoms with E-state index in [0.717, 1.165) is 37.1 Å². The van der Waals surface area contributed by atoms with Gasteiger partial charge in [0.1, 0.15) is 0 Å². The van der Waals surface area contributed by atoms with Gasteiger partial charge in [-0.15, -0.1) is 12.4 Å². The zero-order chi connectivity index (χ0) is 18.4. The minimum atomic E-state index is 0. The second-order valence-electron chi connectivity index (χ2n) is 6.81. The van der Waals surface area contributed by atoms with Crippen molar-refractivity contribution < 1.29 is 9.59 Å².